The zero-order chi connectivity index (χ0) is 65.0. The molecule has 15 rings (SSSR count). The van der Waals surface area contributed by atoms with Crippen molar-refractivity contribution in [2.24, 2.45) is 21.1 Å². The number of hydrogen-bond acceptors (Lipinski definition) is 0. The van der Waals surface area contributed by atoms with Crippen molar-refractivity contribution in [1.29, 1.82) is 0 Å². The lowest BCUT2D eigenvalue weighted by Crippen LogP contribution is -2.30. The molecule has 0 fully saturated rings. The molecular weight excluding hydrogens is 1090 g/mol. The highest BCUT2D eigenvalue weighted by Gasteiger charge is 2.18. The molecule has 0 saturated carbocycles. The Balaban J connectivity index is 0.000000177. The van der Waals surface area contributed by atoms with Crippen LogP contribution in [0, 0.1) is 20.8 Å². The van der Waals surface area contributed by atoms with Gasteiger partial charge in [0.1, 0.15) is 21.1 Å². The highest BCUT2D eigenvalue weighted by molar-refractivity contribution is 6.18. The summed E-state index contributed by atoms with van der Waals surface area (Å²) in [4.78, 5) is 0. The Morgan fingerprint density at radius 3 is 0.933 bits per heavy atom. The molecule has 15 aromatic rings. The van der Waals surface area contributed by atoms with Gasteiger partial charge in [-0.1, -0.05) is 210 Å². The molecule has 0 amide bonds. The first-order valence-electron chi connectivity index (χ1n) is 33.1. The van der Waals surface area contributed by atoms with E-state index >= 15 is 0 Å². The van der Waals surface area contributed by atoms with Crippen molar-refractivity contribution in [3.63, 3.8) is 0 Å². The van der Waals surface area contributed by atoms with Gasteiger partial charge in [0.05, 0.1) is 0 Å². The van der Waals surface area contributed by atoms with Gasteiger partial charge < -0.3 is 0 Å². The van der Waals surface area contributed by atoms with E-state index in [-0.39, 0.29) is 0 Å². The quantitative estimate of drug-likeness (QED) is 0.0949. The van der Waals surface area contributed by atoms with Gasteiger partial charge in [-0.2, -0.15) is 0 Å². The zero-order valence-electron chi connectivity index (χ0n) is 57.1. The van der Waals surface area contributed by atoms with Crippen molar-refractivity contribution in [2.75, 3.05) is 0 Å². The van der Waals surface area contributed by atoms with E-state index in [1.807, 2.05) is 83.1 Å². The molecule has 0 aliphatic heterocycles. The van der Waals surface area contributed by atoms with Gasteiger partial charge in [0.25, 0.3) is 0 Å². The molecule has 3 nitrogen and oxygen atoms in total. The topological polar surface area (TPSA) is 11.6 Å². The number of hydrogen-bond donors (Lipinski definition) is 0. The van der Waals surface area contributed by atoms with Gasteiger partial charge in [-0.15, -0.1) is 0 Å². The number of pyridine rings is 3. The summed E-state index contributed by atoms with van der Waals surface area (Å²) in [5.41, 5.74) is 11.6. The van der Waals surface area contributed by atoms with Crippen LogP contribution in [-0.2, 0) is 21.1 Å². The molecule has 90 heavy (non-hydrogen) atoms. The van der Waals surface area contributed by atoms with E-state index in [4.69, 9.17) is 0 Å². The highest BCUT2D eigenvalue weighted by Crippen LogP contribution is 2.38. The number of rotatable bonds is 3. The Labute approximate surface area is 538 Å². The lowest BCUT2D eigenvalue weighted by molar-refractivity contribution is -0.660. The van der Waals surface area contributed by atoms with Gasteiger partial charge in [0, 0.05) is 53.1 Å². The molecule has 12 aromatic carbocycles. The van der Waals surface area contributed by atoms with Crippen LogP contribution in [0.2, 0.25) is 0 Å². The highest BCUT2D eigenvalue weighted by atomic mass is 14.9. The van der Waals surface area contributed by atoms with Crippen LogP contribution in [-0.4, -0.2) is 0 Å². The first kappa shape index (κ1) is 67.9. The number of fused-ring (bicyclic) bond motifs is 12. The fraction of sp³-hybridized carbons (Fsp3) is 0.207. The smallest absolute Gasteiger partial charge is 0.201 e. The van der Waals surface area contributed by atoms with E-state index in [0.717, 1.165) is 0 Å². The molecule has 0 atom stereocenters. The summed E-state index contributed by atoms with van der Waals surface area (Å²) >= 11 is 0. The van der Waals surface area contributed by atoms with Crippen LogP contribution in [0.4, 0.5) is 0 Å². The van der Waals surface area contributed by atoms with Crippen molar-refractivity contribution in [3.8, 4) is 33.8 Å². The second-order valence-corrected chi connectivity index (χ2v) is 21.0. The molecule has 456 valence electrons. The van der Waals surface area contributed by atoms with Gasteiger partial charge in [-0.25, -0.2) is 13.7 Å². The second kappa shape index (κ2) is 32.6. The van der Waals surface area contributed by atoms with Crippen molar-refractivity contribution < 1.29 is 13.7 Å². The van der Waals surface area contributed by atoms with Gasteiger partial charge in [-0.3, -0.25) is 0 Å². The molecule has 0 aliphatic carbocycles. The van der Waals surface area contributed by atoms with E-state index < -0.39 is 0 Å². The van der Waals surface area contributed by atoms with Crippen molar-refractivity contribution >= 4 is 97.0 Å². The molecule has 3 heterocycles. The molecule has 3 aromatic heterocycles. The molecule has 0 saturated heterocycles. The molecule has 0 bridgehead atoms. The summed E-state index contributed by atoms with van der Waals surface area (Å²) in [6.45, 7) is 30.7. The first-order valence-corrected chi connectivity index (χ1v) is 33.1. The number of aryl methyl sites for hydroxylation is 6. The number of aromatic nitrogens is 3. The Hall–Kier alpha value is -9.57. The molecular formula is C87H96N3+3. The Morgan fingerprint density at radius 1 is 0.189 bits per heavy atom. The lowest BCUT2D eigenvalue weighted by atomic mass is 9.92. The maximum atomic E-state index is 2.35. The summed E-state index contributed by atoms with van der Waals surface area (Å²) in [6, 6.07) is 85.9. The molecule has 0 aliphatic rings. The summed E-state index contributed by atoms with van der Waals surface area (Å²) < 4.78 is 6.55. The number of nitrogens with zero attached hydrogens (tertiary/aromatic N) is 3. The predicted octanol–water partition coefficient (Wildman–Crippen LogP) is 24.0. The average molecular weight is 1180 g/mol. The molecule has 0 radical (unpaired) electrons. The van der Waals surface area contributed by atoms with E-state index in [2.05, 4.69) is 311 Å². The van der Waals surface area contributed by atoms with Crippen molar-refractivity contribution in [3.05, 3.63) is 272 Å². The van der Waals surface area contributed by atoms with Crippen LogP contribution in [0.5, 0.6) is 0 Å². The van der Waals surface area contributed by atoms with Crippen molar-refractivity contribution in [2.45, 2.75) is 104 Å². The van der Waals surface area contributed by atoms with Crippen LogP contribution < -0.4 is 13.7 Å². The molecule has 0 unspecified atom stereocenters. The monoisotopic (exact) mass is 1180 g/mol. The molecule has 3 heteroatoms. The predicted molar refractivity (Wildman–Crippen MR) is 399 cm³/mol. The largest absolute Gasteiger partial charge is 0.212 e. The summed E-state index contributed by atoms with van der Waals surface area (Å²) in [7, 11) is 6.31. The van der Waals surface area contributed by atoms with Crippen LogP contribution >= 0.6 is 0 Å². The normalized spacial score (nSPS) is 10.3. The minimum Gasteiger partial charge on any atom is -0.201 e. The fourth-order valence-electron chi connectivity index (χ4n) is 12.2. The van der Waals surface area contributed by atoms with E-state index in [1.54, 1.807) is 0 Å². The summed E-state index contributed by atoms with van der Waals surface area (Å²) in [6.07, 6.45) is 6.31. The minimum atomic E-state index is 1.24. The number of benzene rings is 12. The SMILES string of the molecule is CC.CC.CC.CC.CC.CC.Cc1c(-c2cccc[n+]2C)ccc2c1ccc1c3ccccc3ccc21.Cc1c(-c2cccc[n+]2C)ccc2cc3c(ccc4ccccc43)cc12.Cc1c(-c2cccc[n+]2C)ccc2cc3cc4ccccc4cc3cc12. The summed E-state index contributed by atoms with van der Waals surface area (Å²) in [5.74, 6) is 0. The average Bonchev–Trinajstić information content (AvgIpc) is 1.53. The van der Waals surface area contributed by atoms with Gasteiger partial charge >= 0.3 is 0 Å². The van der Waals surface area contributed by atoms with Crippen LogP contribution in [0.25, 0.3) is 131 Å². The van der Waals surface area contributed by atoms with Gasteiger partial charge in [0.2, 0.25) is 17.1 Å². The van der Waals surface area contributed by atoms with Gasteiger partial charge in [-0.05, 0) is 207 Å². The van der Waals surface area contributed by atoms with Crippen LogP contribution in [0.15, 0.2) is 255 Å². The van der Waals surface area contributed by atoms with E-state index in [1.165, 1.54) is 147 Å². The lowest BCUT2D eigenvalue weighted by Gasteiger charge is -2.12. The third-order valence-corrected chi connectivity index (χ3v) is 16.4. The van der Waals surface area contributed by atoms with E-state index in [0.29, 0.717) is 0 Å². The minimum absolute atomic E-state index is 1.24. The maximum Gasteiger partial charge on any atom is 0.212 e. The van der Waals surface area contributed by atoms with Crippen LogP contribution in [0.1, 0.15) is 99.8 Å². The zero-order valence-corrected chi connectivity index (χ0v) is 57.1. The second-order valence-electron chi connectivity index (χ2n) is 21.0. The molecule has 0 N–H and O–H groups in total. The molecule has 0 spiro atoms. The Morgan fingerprint density at radius 2 is 0.456 bits per heavy atom. The Kier molecular flexibility index (Phi) is 24.6. The third-order valence-electron chi connectivity index (χ3n) is 16.4. The van der Waals surface area contributed by atoms with Crippen LogP contribution in [0.3, 0.4) is 0 Å². The maximum absolute atomic E-state index is 2.35. The standard InChI is InChI=1S/3C25H20N.6C2H6/c1-17-19-12-14-23-21-8-4-3-7-18(21)10-11-24(23)22(19)15-13-20(17)25-9-5-6-16-26(25)2;1-17-21(25-9-5-6-14-26(25)2)13-12-19-16-24-20(15-23(17)19)11-10-18-7-3-4-8-22(18)24;1-17-23(25-9-5-6-12-26(25)2)11-10-20-15-21-13-18-7-3-4-8-19(18)14-22(21)16-24(17)20;6*1-2/h3*3-16H,1-2H3;6*1-2H3/q3*+1;;;;;;. The third kappa shape index (κ3) is 14.1. The Bertz CT molecular complexity index is 4680. The first-order chi connectivity index (χ1) is 44.2. The van der Waals surface area contributed by atoms with Gasteiger partial charge in [0.15, 0.2) is 18.6 Å². The van der Waals surface area contributed by atoms with E-state index in [9.17, 15) is 0 Å². The summed E-state index contributed by atoms with van der Waals surface area (Å²) in [5, 5.41) is 23.6. The fourth-order valence-corrected chi connectivity index (χ4v) is 12.2. The van der Waals surface area contributed by atoms with Crippen molar-refractivity contribution in [1.82, 2.24) is 0 Å².